The van der Waals surface area contributed by atoms with Crippen molar-refractivity contribution in [1.82, 2.24) is 9.55 Å². The van der Waals surface area contributed by atoms with Crippen LogP contribution in [0, 0.1) is 0 Å². The number of hydrogen-bond acceptors (Lipinski definition) is 5. The monoisotopic (exact) mass is 418 g/mol. The molecule has 0 aliphatic heterocycles. The molecule has 7 heteroatoms. The molecule has 0 aliphatic carbocycles. The molecule has 0 unspecified atom stereocenters. The zero-order valence-corrected chi connectivity index (χ0v) is 17.6. The van der Waals surface area contributed by atoms with Crippen LogP contribution in [0.25, 0.3) is 10.9 Å². The number of thioether (sulfide) groups is 1. The lowest BCUT2D eigenvalue weighted by Gasteiger charge is -2.14. The summed E-state index contributed by atoms with van der Waals surface area (Å²) < 4.78 is 12.6. The quantitative estimate of drug-likeness (QED) is 0.284. The SMILES string of the molecule is CCOCCCn1c(SCc2cc(Cl)ccc2OC)nc2ccccc2c1=O. The van der Waals surface area contributed by atoms with E-state index in [9.17, 15) is 4.79 Å². The Bertz CT molecular complexity index is 1010. The highest BCUT2D eigenvalue weighted by Crippen LogP contribution is 2.29. The molecule has 0 saturated carbocycles. The van der Waals surface area contributed by atoms with Crippen molar-refractivity contribution in [2.45, 2.75) is 30.8 Å². The van der Waals surface area contributed by atoms with Crippen LogP contribution in [-0.4, -0.2) is 29.9 Å². The smallest absolute Gasteiger partial charge is 0.262 e. The minimum absolute atomic E-state index is 0.0253. The van der Waals surface area contributed by atoms with Gasteiger partial charge >= 0.3 is 0 Å². The topological polar surface area (TPSA) is 53.4 Å². The van der Waals surface area contributed by atoms with E-state index < -0.39 is 0 Å². The van der Waals surface area contributed by atoms with Gasteiger partial charge in [-0.25, -0.2) is 4.98 Å². The van der Waals surface area contributed by atoms with Gasteiger partial charge in [-0.3, -0.25) is 9.36 Å². The summed E-state index contributed by atoms with van der Waals surface area (Å²) in [5.74, 6) is 1.36. The molecule has 5 nitrogen and oxygen atoms in total. The molecular weight excluding hydrogens is 396 g/mol. The third-order valence-corrected chi connectivity index (χ3v) is 5.56. The second kappa shape index (κ2) is 9.96. The van der Waals surface area contributed by atoms with Crippen molar-refractivity contribution in [3.05, 3.63) is 63.4 Å². The van der Waals surface area contributed by atoms with Gasteiger partial charge in [0.05, 0.1) is 18.0 Å². The van der Waals surface area contributed by atoms with Gasteiger partial charge in [0.1, 0.15) is 5.75 Å². The first-order chi connectivity index (χ1) is 13.6. The van der Waals surface area contributed by atoms with Crippen LogP contribution in [0.1, 0.15) is 18.9 Å². The third kappa shape index (κ3) is 4.87. The van der Waals surface area contributed by atoms with Crippen LogP contribution in [0.4, 0.5) is 0 Å². The second-order valence-electron chi connectivity index (χ2n) is 6.16. The van der Waals surface area contributed by atoms with Crippen LogP contribution >= 0.6 is 23.4 Å². The van der Waals surface area contributed by atoms with Crippen molar-refractivity contribution in [2.75, 3.05) is 20.3 Å². The summed E-state index contributed by atoms with van der Waals surface area (Å²) in [5.41, 5.74) is 1.64. The van der Waals surface area contributed by atoms with Gasteiger partial charge in [0.25, 0.3) is 5.56 Å². The van der Waals surface area contributed by atoms with Gasteiger partial charge in [-0.2, -0.15) is 0 Å². The molecule has 0 bridgehead atoms. The van der Waals surface area contributed by atoms with Crippen molar-refractivity contribution in [3.63, 3.8) is 0 Å². The minimum Gasteiger partial charge on any atom is -0.496 e. The number of nitrogens with zero attached hydrogens (tertiary/aromatic N) is 2. The zero-order valence-electron chi connectivity index (χ0n) is 16.0. The van der Waals surface area contributed by atoms with Gasteiger partial charge in [-0.15, -0.1) is 0 Å². The van der Waals surface area contributed by atoms with Gasteiger partial charge in [0.2, 0.25) is 0 Å². The summed E-state index contributed by atoms with van der Waals surface area (Å²) in [6.45, 7) is 3.80. The maximum atomic E-state index is 13.0. The predicted octanol–water partition coefficient (Wildman–Crippen LogP) is 4.78. The first-order valence-electron chi connectivity index (χ1n) is 9.16. The van der Waals surface area contributed by atoms with Crippen molar-refractivity contribution in [1.29, 1.82) is 0 Å². The Hall–Kier alpha value is -2.02. The Morgan fingerprint density at radius 2 is 2.04 bits per heavy atom. The highest BCUT2D eigenvalue weighted by Gasteiger charge is 2.13. The van der Waals surface area contributed by atoms with Crippen LogP contribution in [0.3, 0.4) is 0 Å². The molecule has 148 valence electrons. The van der Waals surface area contributed by atoms with E-state index >= 15 is 0 Å². The van der Waals surface area contributed by atoms with Gasteiger partial charge in [0, 0.05) is 36.1 Å². The lowest BCUT2D eigenvalue weighted by atomic mass is 10.2. The zero-order chi connectivity index (χ0) is 19.9. The molecule has 2 aromatic carbocycles. The fourth-order valence-corrected chi connectivity index (χ4v) is 4.12. The molecular formula is C21H23ClN2O3S. The van der Waals surface area contributed by atoms with Crippen molar-refractivity contribution in [3.8, 4) is 5.75 Å². The Labute approximate surface area is 173 Å². The minimum atomic E-state index is -0.0253. The van der Waals surface area contributed by atoms with Crippen LogP contribution in [0.15, 0.2) is 52.4 Å². The number of fused-ring (bicyclic) bond motifs is 1. The van der Waals surface area contributed by atoms with Crippen LogP contribution in [-0.2, 0) is 17.0 Å². The molecule has 0 radical (unpaired) electrons. The lowest BCUT2D eigenvalue weighted by Crippen LogP contribution is -2.24. The molecule has 0 N–H and O–H groups in total. The first-order valence-corrected chi connectivity index (χ1v) is 10.5. The van der Waals surface area contributed by atoms with Gasteiger partial charge < -0.3 is 9.47 Å². The first kappa shape index (κ1) is 20.7. The number of methoxy groups -OCH3 is 1. The van der Waals surface area contributed by atoms with Crippen LogP contribution < -0.4 is 10.3 Å². The van der Waals surface area contributed by atoms with Crippen molar-refractivity contribution in [2.24, 2.45) is 0 Å². The maximum Gasteiger partial charge on any atom is 0.262 e. The van der Waals surface area contributed by atoms with E-state index in [1.54, 1.807) is 17.7 Å². The van der Waals surface area contributed by atoms with E-state index in [-0.39, 0.29) is 5.56 Å². The largest absolute Gasteiger partial charge is 0.496 e. The van der Waals surface area contributed by atoms with Gasteiger partial charge in [-0.1, -0.05) is 35.5 Å². The summed E-state index contributed by atoms with van der Waals surface area (Å²) in [6, 6.07) is 13.0. The molecule has 3 aromatic rings. The number of ether oxygens (including phenoxy) is 2. The molecule has 0 fully saturated rings. The number of rotatable bonds is 9. The summed E-state index contributed by atoms with van der Waals surface area (Å²) in [6.07, 6.45) is 0.752. The number of benzene rings is 2. The summed E-state index contributed by atoms with van der Waals surface area (Å²) in [7, 11) is 1.63. The highest BCUT2D eigenvalue weighted by atomic mass is 35.5. The number of hydrogen-bond donors (Lipinski definition) is 0. The van der Waals surface area contributed by atoms with Crippen LogP contribution in [0.2, 0.25) is 5.02 Å². The lowest BCUT2D eigenvalue weighted by molar-refractivity contribution is 0.140. The molecule has 0 saturated heterocycles. The van der Waals surface area contributed by atoms with E-state index in [4.69, 9.17) is 26.1 Å². The highest BCUT2D eigenvalue weighted by molar-refractivity contribution is 7.98. The Kier molecular flexibility index (Phi) is 7.36. The number of halogens is 1. The third-order valence-electron chi connectivity index (χ3n) is 4.30. The average Bonchev–Trinajstić information content (AvgIpc) is 2.71. The van der Waals surface area contributed by atoms with E-state index in [1.165, 1.54) is 11.8 Å². The fourth-order valence-electron chi connectivity index (χ4n) is 2.93. The Balaban J connectivity index is 1.92. The Morgan fingerprint density at radius 1 is 1.21 bits per heavy atom. The second-order valence-corrected chi connectivity index (χ2v) is 7.54. The van der Waals surface area contributed by atoms with Crippen molar-refractivity contribution < 1.29 is 9.47 Å². The number of aromatic nitrogens is 2. The number of para-hydroxylation sites is 1. The van der Waals surface area contributed by atoms with E-state index in [2.05, 4.69) is 0 Å². The van der Waals surface area contributed by atoms with Gasteiger partial charge in [-0.05, 0) is 43.7 Å². The molecule has 1 aromatic heterocycles. The summed E-state index contributed by atoms with van der Waals surface area (Å²) >= 11 is 7.64. The molecule has 1 heterocycles. The molecule has 28 heavy (non-hydrogen) atoms. The van der Waals surface area contributed by atoms with E-state index in [0.717, 1.165) is 17.7 Å². The van der Waals surface area contributed by atoms with Crippen molar-refractivity contribution >= 4 is 34.3 Å². The van der Waals surface area contributed by atoms with Crippen LogP contribution in [0.5, 0.6) is 5.75 Å². The molecule has 0 atom stereocenters. The molecule has 0 spiro atoms. The van der Waals surface area contributed by atoms with E-state index in [1.807, 2.05) is 43.3 Å². The Morgan fingerprint density at radius 3 is 2.82 bits per heavy atom. The molecule has 0 aliphatic rings. The summed E-state index contributed by atoms with van der Waals surface area (Å²) in [5, 5.41) is 1.96. The van der Waals surface area contributed by atoms with E-state index in [0.29, 0.717) is 46.6 Å². The molecule has 0 amide bonds. The fraction of sp³-hybridized carbons (Fsp3) is 0.333. The van der Waals surface area contributed by atoms with Gasteiger partial charge in [0.15, 0.2) is 5.16 Å². The predicted molar refractivity (Wildman–Crippen MR) is 115 cm³/mol. The molecule has 3 rings (SSSR count). The summed E-state index contributed by atoms with van der Waals surface area (Å²) in [4.78, 5) is 17.8. The average molecular weight is 419 g/mol. The normalized spacial score (nSPS) is 11.1. The standard InChI is InChI=1S/C21H23ClN2O3S/c1-3-27-12-6-11-24-20(25)17-7-4-5-8-18(17)23-21(24)28-14-15-13-16(22)9-10-19(15)26-2/h4-5,7-10,13H,3,6,11-12,14H2,1-2H3. The maximum absolute atomic E-state index is 13.0.